The summed E-state index contributed by atoms with van der Waals surface area (Å²) < 4.78 is 10.6. The van der Waals surface area contributed by atoms with Crippen LogP contribution in [0.2, 0.25) is 0 Å². The normalized spacial score (nSPS) is 16.7. The lowest BCUT2D eigenvalue weighted by atomic mass is 9.89. The average Bonchev–Trinajstić information content (AvgIpc) is 2.72. The zero-order chi connectivity index (χ0) is 19.4. The van der Waals surface area contributed by atoms with Gasteiger partial charge < -0.3 is 20.1 Å². The number of pyridine rings is 1. The molecule has 7 nitrogen and oxygen atoms in total. The number of aromatic nitrogens is 1. The van der Waals surface area contributed by atoms with Gasteiger partial charge in [0.2, 0.25) is 0 Å². The second kappa shape index (κ2) is 8.07. The maximum Gasteiger partial charge on any atom is 0.252 e. The lowest BCUT2D eigenvalue weighted by Crippen LogP contribution is -2.40. The molecule has 0 spiro atoms. The van der Waals surface area contributed by atoms with Crippen molar-refractivity contribution in [1.82, 2.24) is 4.98 Å². The van der Waals surface area contributed by atoms with Crippen molar-refractivity contribution in [1.29, 1.82) is 0 Å². The van der Waals surface area contributed by atoms with Gasteiger partial charge in [0.1, 0.15) is 17.3 Å². The van der Waals surface area contributed by atoms with E-state index in [9.17, 15) is 9.59 Å². The third-order valence-corrected chi connectivity index (χ3v) is 4.82. The Morgan fingerprint density at radius 1 is 1.19 bits per heavy atom. The molecule has 1 amide bonds. The van der Waals surface area contributed by atoms with Gasteiger partial charge in [-0.05, 0) is 37.1 Å². The third-order valence-electron chi connectivity index (χ3n) is 4.82. The molecule has 3 rings (SSSR count). The largest absolute Gasteiger partial charge is 0.497 e. The van der Waals surface area contributed by atoms with Gasteiger partial charge in [0, 0.05) is 31.3 Å². The Balaban J connectivity index is 1.85. The summed E-state index contributed by atoms with van der Waals surface area (Å²) >= 11 is 0. The van der Waals surface area contributed by atoms with E-state index in [0.29, 0.717) is 35.0 Å². The highest BCUT2D eigenvalue weighted by atomic mass is 16.5. The number of amides is 1. The molecule has 0 radical (unpaired) electrons. The first kappa shape index (κ1) is 18.7. The van der Waals surface area contributed by atoms with Crippen molar-refractivity contribution in [3.05, 3.63) is 47.7 Å². The Bertz CT molecular complexity index is 853. The molecule has 7 heteroatoms. The van der Waals surface area contributed by atoms with E-state index in [-0.39, 0.29) is 11.7 Å². The topological polar surface area (TPSA) is 94.8 Å². The summed E-state index contributed by atoms with van der Waals surface area (Å²) in [7, 11) is 3.10. The number of hydrogen-bond donors (Lipinski definition) is 1. The van der Waals surface area contributed by atoms with Gasteiger partial charge in [-0.3, -0.25) is 9.59 Å². The Hall–Kier alpha value is -3.09. The molecule has 1 aromatic heterocycles. The number of benzene rings is 1. The average molecular weight is 369 g/mol. The van der Waals surface area contributed by atoms with Crippen molar-refractivity contribution < 1.29 is 19.1 Å². The van der Waals surface area contributed by atoms with E-state index in [1.54, 1.807) is 43.6 Å². The van der Waals surface area contributed by atoms with Crippen LogP contribution in [-0.4, -0.2) is 44.0 Å². The van der Waals surface area contributed by atoms with E-state index in [0.717, 1.165) is 19.4 Å². The van der Waals surface area contributed by atoms with E-state index < -0.39 is 5.91 Å². The molecule has 1 aliphatic rings. The highest BCUT2D eigenvalue weighted by Gasteiger charge is 2.30. The molecule has 27 heavy (non-hydrogen) atoms. The van der Waals surface area contributed by atoms with Crippen LogP contribution in [-0.2, 0) is 0 Å². The number of ketones is 1. The van der Waals surface area contributed by atoms with Crippen molar-refractivity contribution in [2.24, 2.45) is 11.7 Å². The summed E-state index contributed by atoms with van der Waals surface area (Å²) in [6.07, 6.45) is 3.21. The van der Waals surface area contributed by atoms with Gasteiger partial charge in [-0.2, -0.15) is 0 Å². The molecule has 0 bridgehead atoms. The first-order valence-corrected chi connectivity index (χ1v) is 8.81. The van der Waals surface area contributed by atoms with Crippen LogP contribution in [0, 0.1) is 5.92 Å². The number of rotatable bonds is 6. The van der Waals surface area contributed by atoms with Gasteiger partial charge in [0.05, 0.1) is 25.3 Å². The molecule has 1 aliphatic heterocycles. The maximum atomic E-state index is 13.1. The zero-order valence-electron chi connectivity index (χ0n) is 15.5. The van der Waals surface area contributed by atoms with Gasteiger partial charge in [-0.1, -0.05) is 0 Å². The molecule has 0 saturated carbocycles. The smallest absolute Gasteiger partial charge is 0.252 e. The Morgan fingerprint density at radius 2 is 2.00 bits per heavy atom. The van der Waals surface area contributed by atoms with Crippen LogP contribution >= 0.6 is 0 Å². The van der Waals surface area contributed by atoms with Crippen molar-refractivity contribution in [2.75, 3.05) is 32.2 Å². The predicted molar refractivity (Wildman–Crippen MR) is 102 cm³/mol. The van der Waals surface area contributed by atoms with Crippen LogP contribution in [0.25, 0.3) is 0 Å². The molecular weight excluding hydrogens is 346 g/mol. The first-order valence-electron chi connectivity index (χ1n) is 8.81. The fourth-order valence-corrected chi connectivity index (χ4v) is 3.45. The number of piperidine rings is 1. The Morgan fingerprint density at radius 3 is 2.70 bits per heavy atom. The quantitative estimate of drug-likeness (QED) is 0.785. The number of nitrogens with two attached hydrogens (primary N) is 1. The summed E-state index contributed by atoms with van der Waals surface area (Å²) in [5, 5.41) is 0. The van der Waals surface area contributed by atoms with Crippen LogP contribution in [0.5, 0.6) is 11.5 Å². The van der Waals surface area contributed by atoms with Gasteiger partial charge >= 0.3 is 0 Å². The molecular formula is C20H23N3O4. The lowest BCUT2D eigenvalue weighted by molar-refractivity contribution is 0.0904. The van der Waals surface area contributed by atoms with Crippen LogP contribution in [0.3, 0.4) is 0 Å². The van der Waals surface area contributed by atoms with E-state index in [1.165, 1.54) is 7.11 Å². The number of primary amides is 1. The van der Waals surface area contributed by atoms with Gasteiger partial charge in [-0.25, -0.2) is 4.98 Å². The highest BCUT2D eigenvalue weighted by Crippen LogP contribution is 2.31. The van der Waals surface area contributed by atoms with Crippen molar-refractivity contribution in [3.63, 3.8) is 0 Å². The molecule has 2 N–H and O–H groups in total. The van der Waals surface area contributed by atoms with E-state index >= 15 is 0 Å². The molecule has 1 saturated heterocycles. The number of ether oxygens (including phenoxy) is 2. The summed E-state index contributed by atoms with van der Waals surface area (Å²) in [6.45, 7) is 1.20. The number of carbonyl (C=O) groups excluding carboxylic acids is 2. The fraction of sp³-hybridized carbons (Fsp3) is 0.350. The molecule has 2 aromatic rings. The molecule has 0 aliphatic carbocycles. The number of methoxy groups -OCH3 is 2. The number of hydrogen-bond acceptors (Lipinski definition) is 6. The number of nitrogens with zero attached hydrogens (tertiary/aromatic N) is 2. The molecule has 0 unspecified atom stereocenters. The summed E-state index contributed by atoms with van der Waals surface area (Å²) in [6, 6.07) is 8.52. The minimum atomic E-state index is -0.525. The highest BCUT2D eigenvalue weighted by molar-refractivity contribution is 6.01. The molecule has 2 heterocycles. The number of Topliss-reactive ketones (excluding diaryl/α,β-unsaturated/α-hetero) is 1. The molecule has 1 fully saturated rings. The third kappa shape index (κ3) is 3.86. The first-order chi connectivity index (χ1) is 13.0. The molecule has 1 aromatic carbocycles. The summed E-state index contributed by atoms with van der Waals surface area (Å²) in [4.78, 5) is 31.1. The second-order valence-corrected chi connectivity index (χ2v) is 6.45. The monoisotopic (exact) mass is 369 g/mol. The predicted octanol–water partition coefficient (Wildman–Crippen LogP) is 2.30. The summed E-state index contributed by atoms with van der Waals surface area (Å²) in [5.74, 6) is 0.924. The second-order valence-electron chi connectivity index (χ2n) is 6.45. The molecule has 1 atom stereocenters. The van der Waals surface area contributed by atoms with Crippen LogP contribution in [0.4, 0.5) is 5.82 Å². The van der Waals surface area contributed by atoms with E-state index in [4.69, 9.17) is 15.2 Å². The summed E-state index contributed by atoms with van der Waals surface area (Å²) in [5.41, 5.74) is 6.37. The Kier molecular flexibility index (Phi) is 5.59. The van der Waals surface area contributed by atoms with Crippen LogP contribution in [0.1, 0.15) is 33.6 Å². The van der Waals surface area contributed by atoms with Crippen molar-refractivity contribution >= 4 is 17.5 Å². The Labute approximate surface area is 158 Å². The SMILES string of the molecule is COc1ccc(C(=O)[C@@H]2CCCN(c3ncccc3C(N)=O)C2)c(OC)c1. The van der Waals surface area contributed by atoms with E-state index in [1.807, 2.05) is 4.90 Å². The minimum absolute atomic E-state index is 0.00996. The fourth-order valence-electron chi connectivity index (χ4n) is 3.45. The standard InChI is InChI=1S/C20H23N3O4/c1-26-14-7-8-15(17(11-14)27-2)18(24)13-5-4-10-23(12-13)20-16(19(21)25)6-3-9-22-20/h3,6-9,11,13H,4-5,10,12H2,1-2H3,(H2,21,25)/t13-/m1/s1. The van der Waals surface area contributed by atoms with Gasteiger partial charge in [-0.15, -0.1) is 0 Å². The zero-order valence-corrected chi connectivity index (χ0v) is 15.5. The van der Waals surface area contributed by atoms with E-state index in [2.05, 4.69) is 4.98 Å². The van der Waals surface area contributed by atoms with Crippen LogP contribution < -0.4 is 20.1 Å². The van der Waals surface area contributed by atoms with Gasteiger partial charge in [0.25, 0.3) is 5.91 Å². The molecule has 142 valence electrons. The van der Waals surface area contributed by atoms with Crippen molar-refractivity contribution in [2.45, 2.75) is 12.8 Å². The number of anilines is 1. The minimum Gasteiger partial charge on any atom is -0.497 e. The lowest BCUT2D eigenvalue weighted by Gasteiger charge is -2.33. The van der Waals surface area contributed by atoms with Crippen molar-refractivity contribution in [3.8, 4) is 11.5 Å². The number of carbonyl (C=O) groups is 2. The van der Waals surface area contributed by atoms with Gasteiger partial charge in [0.15, 0.2) is 5.78 Å². The maximum absolute atomic E-state index is 13.1. The van der Waals surface area contributed by atoms with Crippen LogP contribution in [0.15, 0.2) is 36.5 Å².